The first kappa shape index (κ1) is 9.64. The van der Waals surface area contributed by atoms with Crippen LogP contribution in [-0.2, 0) is 0 Å². The van der Waals surface area contributed by atoms with Crippen molar-refractivity contribution in [1.82, 2.24) is 25.6 Å². The van der Waals surface area contributed by atoms with Gasteiger partial charge in [0.15, 0.2) is 0 Å². The first-order chi connectivity index (χ1) is 8.24. The van der Waals surface area contributed by atoms with Gasteiger partial charge in [0.2, 0.25) is 5.82 Å². The molecular weight excluding hydrogens is 225 g/mol. The van der Waals surface area contributed by atoms with Crippen molar-refractivity contribution in [1.29, 1.82) is 0 Å². The van der Waals surface area contributed by atoms with Gasteiger partial charge in [-0.3, -0.25) is 4.79 Å². The lowest BCUT2D eigenvalue weighted by atomic mass is 10.1. The number of nitrogens with zero attached hydrogens (tertiary/aromatic N) is 3. The summed E-state index contributed by atoms with van der Waals surface area (Å²) in [5.41, 5.74) is 0.464. The van der Waals surface area contributed by atoms with E-state index in [0.29, 0.717) is 10.9 Å². The molecule has 0 saturated heterocycles. The molecule has 17 heavy (non-hydrogen) atoms. The number of H-pyrrole nitrogens is 2. The van der Waals surface area contributed by atoms with E-state index in [1.165, 1.54) is 24.3 Å². The van der Waals surface area contributed by atoms with E-state index in [0.717, 1.165) is 0 Å². The number of benzene rings is 1. The second-order valence-electron chi connectivity index (χ2n) is 3.48. The molecule has 2 N–H and O–H groups in total. The molecule has 0 aliphatic heterocycles. The maximum atomic E-state index is 13.1. The summed E-state index contributed by atoms with van der Waals surface area (Å²) in [6.07, 6.45) is 0. The van der Waals surface area contributed by atoms with E-state index >= 15 is 0 Å². The first-order valence-electron chi connectivity index (χ1n) is 4.80. The number of halogens is 1. The number of pyridine rings is 1. The molecular formula is C10H6FN5O. The van der Waals surface area contributed by atoms with Gasteiger partial charge in [-0.05, 0) is 29.5 Å². The summed E-state index contributed by atoms with van der Waals surface area (Å²) in [4.78, 5) is 14.4. The summed E-state index contributed by atoms with van der Waals surface area (Å²) in [6.45, 7) is 0. The van der Waals surface area contributed by atoms with E-state index < -0.39 is 0 Å². The van der Waals surface area contributed by atoms with Crippen LogP contribution in [-0.4, -0.2) is 25.6 Å². The van der Waals surface area contributed by atoms with Crippen LogP contribution in [0.15, 0.2) is 29.1 Å². The van der Waals surface area contributed by atoms with E-state index in [2.05, 4.69) is 25.6 Å². The van der Waals surface area contributed by atoms with Crippen LogP contribution in [0.25, 0.3) is 22.3 Å². The van der Waals surface area contributed by atoms with Crippen LogP contribution in [0, 0.1) is 5.82 Å². The summed E-state index contributed by atoms with van der Waals surface area (Å²) < 4.78 is 13.1. The third kappa shape index (κ3) is 1.57. The van der Waals surface area contributed by atoms with E-state index in [-0.39, 0.29) is 22.8 Å². The number of aromatic nitrogens is 5. The zero-order chi connectivity index (χ0) is 11.8. The van der Waals surface area contributed by atoms with Crippen LogP contribution < -0.4 is 5.56 Å². The van der Waals surface area contributed by atoms with E-state index in [1.807, 2.05) is 0 Å². The Kier molecular flexibility index (Phi) is 1.97. The van der Waals surface area contributed by atoms with Gasteiger partial charge in [-0.25, -0.2) is 4.39 Å². The lowest BCUT2D eigenvalue weighted by Crippen LogP contribution is -2.09. The molecule has 0 saturated carbocycles. The standard InChI is InChI=1S/C10H6FN5O/c11-6-1-2-8-5(3-6)4-7(10(17)12-8)9-13-15-16-14-9/h1-4H,(H,12,17)(H,13,14,15,16). The van der Waals surface area contributed by atoms with Crippen molar-refractivity contribution in [2.45, 2.75) is 0 Å². The first-order valence-corrected chi connectivity index (χ1v) is 4.80. The van der Waals surface area contributed by atoms with Crippen molar-refractivity contribution in [3.63, 3.8) is 0 Å². The highest BCUT2D eigenvalue weighted by atomic mass is 19.1. The molecule has 0 radical (unpaired) electrons. The fraction of sp³-hybridized carbons (Fsp3) is 0. The summed E-state index contributed by atoms with van der Waals surface area (Å²) in [6, 6.07) is 5.65. The molecule has 1 aromatic carbocycles. The topological polar surface area (TPSA) is 87.3 Å². The van der Waals surface area contributed by atoms with Crippen molar-refractivity contribution < 1.29 is 4.39 Å². The maximum absolute atomic E-state index is 13.1. The average Bonchev–Trinajstić information content (AvgIpc) is 2.82. The smallest absolute Gasteiger partial charge is 0.259 e. The Bertz CT molecular complexity index is 734. The van der Waals surface area contributed by atoms with Crippen LogP contribution in [0.3, 0.4) is 0 Å². The summed E-state index contributed by atoms with van der Waals surface area (Å²) in [5, 5.41) is 13.6. The SMILES string of the molecule is O=c1[nH]c2ccc(F)cc2cc1-c1nn[nH]n1. The predicted molar refractivity (Wildman–Crippen MR) is 57.7 cm³/mol. The van der Waals surface area contributed by atoms with Gasteiger partial charge in [0, 0.05) is 10.9 Å². The molecule has 7 heteroatoms. The van der Waals surface area contributed by atoms with E-state index in [4.69, 9.17) is 0 Å². The number of tetrazole rings is 1. The van der Waals surface area contributed by atoms with Crippen molar-refractivity contribution >= 4 is 10.9 Å². The highest BCUT2D eigenvalue weighted by Crippen LogP contribution is 2.16. The van der Waals surface area contributed by atoms with E-state index in [9.17, 15) is 9.18 Å². The number of hydrogen-bond acceptors (Lipinski definition) is 4. The Morgan fingerprint density at radius 1 is 1.24 bits per heavy atom. The molecule has 2 heterocycles. The quantitative estimate of drug-likeness (QED) is 0.649. The van der Waals surface area contributed by atoms with Crippen LogP contribution in [0.2, 0.25) is 0 Å². The summed E-state index contributed by atoms with van der Waals surface area (Å²) in [7, 11) is 0. The number of nitrogens with one attached hydrogen (secondary N) is 2. The van der Waals surface area contributed by atoms with Crippen LogP contribution in [0.5, 0.6) is 0 Å². The zero-order valence-electron chi connectivity index (χ0n) is 8.44. The Morgan fingerprint density at radius 2 is 2.12 bits per heavy atom. The lowest BCUT2D eigenvalue weighted by Gasteiger charge is -1.99. The number of hydrogen-bond donors (Lipinski definition) is 2. The molecule has 0 fully saturated rings. The third-order valence-corrected chi connectivity index (χ3v) is 2.39. The summed E-state index contributed by atoms with van der Waals surface area (Å²) in [5.74, 6) is -0.193. The second kappa shape index (κ2) is 3.48. The summed E-state index contributed by atoms with van der Waals surface area (Å²) >= 11 is 0. The Morgan fingerprint density at radius 3 is 2.88 bits per heavy atom. The van der Waals surface area contributed by atoms with Gasteiger partial charge >= 0.3 is 0 Å². The number of fused-ring (bicyclic) bond motifs is 1. The number of rotatable bonds is 1. The zero-order valence-corrected chi connectivity index (χ0v) is 8.44. The molecule has 2 aromatic heterocycles. The Balaban J connectivity index is 2.33. The molecule has 0 bridgehead atoms. The average molecular weight is 231 g/mol. The van der Waals surface area contributed by atoms with Crippen molar-refractivity contribution in [2.75, 3.05) is 0 Å². The third-order valence-electron chi connectivity index (χ3n) is 2.39. The van der Waals surface area contributed by atoms with Gasteiger partial charge in [0.25, 0.3) is 5.56 Å². The normalized spacial score (nSPS) is 10.9. The van der Waals surface area contributed by atoms with Gasteiger partial charge in [-0.1, -0.05) is 0 Å². The molecule has 0 atom stereocenters. The van der Waals surface area contributed by atoms with Crippen molar-refractivity contribution in [2.24, 2.45) is 0 Å². The number of aromatic amines is 2. The van der Waals surface area contributed by atoms with E-state index in [1.54, 1.807) is 0 Å². The Labute approximate surface area is 93.5 Å². The maximum Gasteiger partial charge on any atom is 0.259 e. The molecule has 84 valence electrons. The van der Waals surface area contributed by atoms with Gasteiger partial charge in [0.1, 0.15) is 5.82 Å². The van der Waals surface area contributed by atoms with Crippen molar-refractivity contribution in [3.8, 4) is 11.4 Å². The molecule has 0 amide bonds. The molecule has 0 unspecified atom stereocenters. The van der Waals surface area contributed by atoms with Crippen molar-refractivity contribution in [3.05, 3.63) is 40.4 Å². The Hall–Kier alpha value is -2.57. The van der Waals surface area contributed by atoms with Gasteiger partial charge in [-0.15, -0.1) is 10.2 Å². The second-order valence-corrected chi connectivity index (χ2v) is 3.48. The minimum Gasteiger partial charge on any atom is -0.321 e. The predicted octanol–water partition coefficient (Wildman–Crippen LogP) is 0.847. The minimum absolute atomic E-state index is 0.178. The fourth-order valence-corrected chi connectivity index (χ4v) is 1.62. The van der Waals surface area contributed by atoms with Crippen LogP contribution >= 0.6 is 0 Å². The highest BCUT2D eigenvalue weighted by Gasteiger charge is 2.09. The van der Waals surface area contributed by atoms with Crippen LogP contribution in [0.1, 0.15) is 0 Å². The largest absolute Gasteiger partial charge is 0.321 e. The molecule has 0 spiro atoms. The monoisotopic (exact) mass is 231 g/mol. The van der Waals surface area contributed by atoms with Gasteiger partial charge in [-0.2, -0.15) is 5.21 Å². The molecule has 3 aromatic rings. The molecule has 6 nitrogen and oxygen atoms in total. The molecule has 3 rings (SSSR count). The molecule has 0 aliphatic rings. The molecule has 0 aliphatic carbocycles. The van der Waals surface area contributed by atoms with Gasteiger partial charge in [0.05, 0.1) is 5.56 Å². The highest BCUT2D eigenvalue weighted by molar-refractivity contribution is 5.82. The minimum atomic E-state index is -0.372. The lowest BCUT2D eigenvalue weighted by molar-refractivity contribution is 0.629. The van der Waals surface area contributed by atoms with Crippen LogP contribution in [0.4, 0.5) is 4.39 Å². The van der Waals surface area contributed by atoms with Gasteiger partial charge < -0.3 is 4.98 Å². The fourth-order valence-electron chi connectivity index (χ4n) is 1.62.